The van der Waals surface area contributed by atoms with E-state index in [1.54, 1.807) is 24.3 Å². The molecule has 45 heavy (non-hydrogen) atoms. The number of piperazine rings is 1. The number of hydrogen-bond acceptors (Lipinski definition) is 6. The van der Waals surface area contributed by atoms with E-state index in [9.17, 15) is 14.4 Å². The second-order valence-electron chi connectivity index (χ2n) is 12.5. The molecule has 9 nitrogen and oxygen atoms in total. The number of furan rings is 1. The lowest BCUT2D eigenvalue weighted by Crippen LogP contribution is -2.53. The molecular formula is C35H36BrN5O4. The van der Waals surface area contributed by atoms with E-state index in [0.717, 1.165) is 30.9 Å². The Morgan fingerprint density at radius 2 is 1.78 bits per heavy atom. The molecule has 3 unspecified atom stereocenters. The smallest absolute Gasteiger partial charge is 0.291 e. The van der Waals surface area contributed by atoms with Gasteiger partial charge in [-0.15, -0.1) is 0 Å². The first kappa shape index (κ1) is 29.4. The number of anilines is 3. The van der Waals surface area contributed by atoms with E-state index >= 15 is 0 Å². The van der Waals surface area contributed by atoms with Crippen LogP contribution in [0.5, 0.6) is 0 Å². The van der Waals surface area contributed by atoms with Crippen LogP contribution in [0.3, 0.4) is 0 Å². The molecular weight excluding hydrogens is 634 g/mol. The number of aryl methyl sites for hydroxylation is 1. The molecule has 4 aromatic rings. The summed E-state index contributed by atoms with van der Waals surface area (Å²) in [5.74, 6) is 0.227. The summed E-state index contributed by atoms with van der Waals surface area (Å²) in [4.78, 5) is 46.3. The lowest BCUT2D eigenvalue weighted by atomic mass is 9.83. The summed E-state index contributed by atoms with van der Waals surface area (Å²) >= 11 is 3.28. The number of carbonyl (C=O) groups is 2. The maximum absolute atomic E-state index is 13.9. The summed E-state index contributed by atoms with van der Waals surface area (Å²) < 4.78 is 7.91. The van der Waals surface area contributed by atoms with Crippen molar-refractivity contribution in [2.24, 2.45) is 5.92 Å². The molecule has 0 aliphatic carbocycles. The number of nitrogens with zero attached hydrogens (tertiary/aromatic N) is 4. The average molecular weight is 671 g/mol. The van der Waals surface area contributed by atoms with Gasteiger partial charge in [0.1, 0.15) is 0 Å². The molecule has 7 rings (SSSR count). The van der Waals surface area contributed by atoms with Crippen molar-refractivity contribution >= 4 is 44.8 Å². The molecule has 0 saturated carbocycles. The number of piperidine rings is 1. The van der Waals surface area contributed by atoms with Gasteiger partial charge in [0.25, 0.3) is 17.4 Å². The maximum Gasteiger partial charge on any atom is 0.291 e. The van der Waals surface area contributed by atoms with Gasteiger partial charge in [0.2, 0.25) is 0 Å². The van der Waals surface area contributed by atoms with Crippen LogP contribution >= 0.6 is 15.9 Å². The number of nitrogens with one attached hydrogen (secondary N) is 1. The van der Waals surface area contributed by atoms with Crippen molar-refractivity contribution in [3.63, 3.8) is 0 Å². The van der Waals surface area contributed by atoms with Gasteiger partial charge in [0, 0.05) is 74.2 Å². The Morgan fingerprint density at radius 3 is 2.56 bits per heavy atom. The maximum atomic E-state index is 13.9. The molecule has 5 heterocycles. The summed E-state index contributed by atoms with van der Waals surface area (Å²) in [6.45, 7) is 8.33. The molecule has 1 N–H and O–H groups in total. The quantitative estimate of drug-likeness (QED) is 0.292. The Bertz CT molecular complexity index is 1830. The van der Waals surface area contributed by atoms with Crippen molar-refractivity contribution in [1.82, 2.24) is 9.47 Å². The molecule has 2 fully saturated rings. The third kappa shape index (κ3) is 5.79. The highest BCUT2D eigenvalue weighted by Gasteiger charge is 2.36. The molecule has 2 amide bonds. The highest BCUT2D eigenvalue weighted by atomic mass is 79.9. The van der Waals surface area contributed by atoms with Gasteiger partial charge in [0.15, 0.2) is 10.4 Å². The number of benzene rings is 2. The fourth-order valence-electron chi connectivity index (χ4n) is 7.27. The summed E-state index contributed by atoms with van der Waals surface area (Å²) in [7, 11) is 0. The predicted molar refractivity (Wildman–Crippen MR) is 178 cm³/mol. The average Bonchev–Trinajstić information content (AvgIpc) is 3.47. The molecule has 0 radical (unpaired) electrons. The zero-order valence-electron chi connectivity index (χ0n) is 25.4. The monoisotopic (exact) mass is 669 g/mol. The highest BCUT2D eigenvalue weighted by molar-refractivity contribution is 9.10. The summed E-state index contributed by atoms with van der Waals surface area (Å²) in [5.41, 5.74) is 5.43. The number of pyridine rings is 1. The largest absolute Gasteiger partial charge is 0.444 e. The standard InChI is InChI=1S/C35H36BrN5O4/c1-22-5-3-6-27(15-22)40-14-13-38(18-23(40)2)35(44)25-9-10-30(28(17-25)37-34(43)31-11-12-32(36)45-31)39-19-24-16-26(21-39)29-7-4-8-33(42)41(29)20-24/h3-12,15,17,23-24,26H,13-14,16,18-21H2,1-2H3,(H,37,43). The minimum absolute atomic E-state index is 0.0464. The first-order chi connectivity index (χ1) is 21.7. The topological polar surface area (TPSA) is 91.0 Å². The normalized spacial score (nSPS) is 21.0. The molecule has 3 atom stereocenters. The van der Waals surface area contributed by atoms with Crippen LogP contribution in [0.1, 0.15) is 51.4 Å². The van der Waals surface area contributed by atoms with E-state index in [1.807, 2.05) is 33.7 Å². The molecule has 10 heteroatoms. The Hall–Kier alpha value is -4.31. The molecule has 232 valence electrons. The van der Waals surface area contributed by atoms with Gasteiger partial charge < -0.3 is 29.0 Å². The van der Waals surface area contributed by atoms with Crippen LogP contribution in [0.25, 0.3) is 0 Å². The molecule has 3 aliphatic heterocycles. The summed E-state index contributed by atoms with van der Waals surface area (Å²) in [6.07, 6.45) is 1.02. The number of amides is 2. The molecule has 2 saturated heterocycles. The SMILES string of the molecule is Cc1cccc(N2CCN(C(=O)c3ccc(N4CC5CC(C4)c4cccc(=O)n4C5)c(NC(=O)c4ccc(Br)o4)c3)CC2C)c1. The first-order valence-corrected chi connectivity index (χ1v) is 16.3. The van der Waals surface area contributed by atoms with Crippen LogP contribution < -0.4 is 20.7 Å². The van der Waals surface area contributed by atoms with Crippen molar-refractivity contribution in [3.05, 3.63) is 110 Å². The Morgan fingerprint density at radius 1 is 0.933 bits per heavy atom. The fourth-order valence-corrected chi connectivity index (χ4v) is 7.58. The minimum Gasteiger partial charge on any atom is -0.444 e. The van der Waals surface area contributed by atoms with Crippen molar-refractivity contribution in [3.8, 4) is 0 Å². The molecule has 2 bridgehead atoms. The van der Waals surface area contributed by atoms with E-state index in [0.29, 0.717) is 48.0 Å². The van der Waals surface area contributed by atoms with E-state index in [1.165, 1.54) is 11.3 Å². The zero-order chi connectivity index (χ0) is 31.2. The van der Waals surface area contributed by atoms with Crippen LogP contribution in [0.4, 0.5) is 17.1 Å². The fraction of sp³-hybridized carbons (Fsp3) is 0.343. The Balaban J connectivity index is 1.16. The molecule has 3 aliphatic rings. The molecule has 0 spiro atoms. The first-order valence-electron chi connectivity index (χ1n) is 15.5. The van der Waals surface area contributed by atoms with Gasteiger partial charge in [-0.25, -0.2) is 0 Å². The number of halogens is 1. The lowest BCUT2D eigenvalue weighted by molar-refractivity contribution is 0.0726. The summed E-state index contributed by atoms with van der Waals surface area (Å²) in [5, 5.41) is 3.04. The van der Waals surface area contributed by atoms with Crippen molar-refractivity contribution in [2.45, 2.75) is 38.8 Å². The number of hydrogen-bond donors (Lipinski definition) is 1. The van der Waals surface area contributed by atoms with E-state index in [4.69, 9.17) is 4.42 Å². The lowest BCUT2D eigenvalue weighted by Gasteiger charge is -2.44. The van der Waals surface area contributed by atoms with E-state index in [-0.39, 0.29) is 35.1 Å². The van der Waals surface area contributed by atoms with Gasteiger partial charge in [-0.1, -0.05) is 18.2 Å². The highest BCUT2D eigenvalue weighted by Crippen LogP contribution is 2.39. The predicted octanol–water partition coefficient (Wildman–Crippen LogP) is 5.74. The van der Waals surface area contributed by atoms with Gasteiger partial charge in [0.05, 0.1) is 11.4 Å². The van der Waals surface area contributed by atoms with E-state index < -0.39 is 0 Å². The third-order valence-corrected chi connectivity index (χ3v) is 9.78. The van der Waals surface area contributed by atoms with Gasteiger partial charge in [-0.05, 0) is 96.2 Å². The van der Waals surface area contributed by atoms with Crippen LogP contribution in [0, 0.1) is 12.8 Å². The number of carbonyl (C=O) groups excluding carboxylic acids is 2. The van der Waals surface area contributed by atoms with Crippen LogP contribution in [0.15, 0.2) is 86.7 Å². The second-order valence-corrected chi connectivity index (χ2v) is 13.3. The number of rotatable bonds is 5. The third-order valence-electron chi connectivity index (χ3n) is 9.36. The van der Waals surface area contributed by atoms with Crippen molar-refractivity contribution in [1.29, 1.82) is 0 Å². The molecule has 2 aromatic carbocycles. The number of fused-ring (bicyclic) bond motifs is 4. The van der Waals surface area contributed by atoms with E-state index in [2.05, 4.69) is 69.2 Å². The Kier molecular flexibility index (Phi) is 7.77. The Labute approximate surface area is 270 Å². The van der Waals surface area contributed by atoms with Gasteiger partial charge >= 0.3 is 0 Å². The zero-order valence-corrected chi connectivity index (χ0v) is 27.0. The second kappa shape index (κ2) is 11.9. The molecule has 2 aromatic heterocycles. The number of aromatic nitrogens is 1. The summed E-state index contributed by atoms with van der Waals surface area (Å²) in [6, 6.07) is 23.1. The van der Waals surface area contributed by atoms with Gasteiger partial charge in [-0.3, -0.25) is 14.4 Å². The van der Waals surface area contributed by atoms with Crippen LogP contribution in [-0.2, 0) is 6.54 Å². The van der Waals surface area contributed by atoms with Crippen molar-refractivity contribution in [2.75, 3.05) is 47.8 Å². The van der Waals surface area contributed by atoms with Gasteiger partial charge in [-0.2, -0.15) is 0 Å². The van der Waals surface area contributed by atoms with Crippen LogP contribution in [-0.4, -0.2) is 60.0 Å². The van der Waals surface area contributed by atoms with Crippen molar-refractivity contribution < 1.29 is 14.0 Å². The minimum atomic E-state index is -0.388. The van der Waals surface area contributed by atoms with Crippen LogP contribution in [0.2, 0.25) is 0 Å².